The van der Waals surface area contributed by atoms with Crippen LogP contribution in [0.25, 0.3) is 0 Å². The predicted octanol–water partition coefficient (Wildman–Crippen LogP) is 3.07. The van der Waals surface area contributed by atoms with E-state index < -0.39 is 5.60 Å². The van der Waals surface area contributed by atoms with E-state index in [4.69, 9.17) is 0 Å². The Morgan fingerprint density at radius 3 is 2.79 bits per heavy atom. The molecule has 0 spiro atoms. The maximum absolute atomic E-state index is 10.7. The minimum absolute atomic E-state index is 0.232. The highest BCUT2D eigenvalue weighted by molar-refractivity contribution is 9.10. The van der Waals surface area contributed by atoms with Gasteiger partial charge in [0.2, 0.25) is 0 Å². The van der Waals surface area contributed by atoms with E-state index in [0.717, 1.165) is 15.9 Å². The molecule has 1 aromatic carbocycles. The first-order valence-electron chi connectivity index (χ1n) is 6.27. The number of aliphatic hydroxyl groups is 1. The van der Waals surface area contributed by atoms with E-state index in [1.807, 2.05) is 42.8 Å². The summed E-state index contributed by atoms with van der Waals surface area (Å²) in [6.07, 6.45) is 1.97. The Morgan fingerprint density at radius 2 is 2.16 bits per heavy atom. The predicted molar refractivity (Wildman–Crippen MR) is 77.8 cm³/mol. The van der Waals surface area contributed by atoms with Crippen LogP contribution in [0.4, 0.5) is 0 Å². The summed E-state index contributed by atoms with van der Waals surface area (Å²) < 4.78 is 2.79. The molecule has 0 fully saturated rings. The monoisotopic (exact) mass is 323 g/mol. The normalized spacial score (nSPS) is 14.6. The minimum Gasteiger partial charge on any atom is -0.385 e. The van der Waals surface area contributed by atoms with Crippen LogP contribution in [-0.2, 0) is 12.0 Å². The summed E-state index contributed by atoms with van der Waals surface area (Å²) in [4.78, 5) is 4.25. The molecule has 2 aromatic rings. The second-order valence-corrected chi connectivity index (χ2v) is 6.09. The van der Waals surface area contributed by atoms with Crippen LogP contribution in [0.2, 0.25) is 0 Å². The van der Waals surface area contributed by atoms with Crippen molar-refractivity contribution in [3.63, 3.8) is 0 Å². The summed E-state index contributed by atoms with van der Waals surface area (Å²) in [5, 5.41) is 14.9. The summed E-state index contributed by atoms with van der Waals surface area (Å²) in [7, 11) is 0. The number of halogens is 1. The maximum Gasteiger partial charge on any atom is 0.138 e. The van der Waals surface area contributed by atoms with Gasteiger partial charge in [-0.3, -0.25) is 0 Å². The van der Waals surface area contributed by atoms with E-state index in [9.17, 15) is 5.11 Å². The van der Waals surface area contributed by atoms with Crippen molar-refractivity contribution in [2.45, 2.75) is 38.8 Å². The molecule has 0 amide bonds. The second-order valence-electron chi connectivity index (χ2n) is 5.18. The van der Waals surface area contributed by atoms with Crippen LogP contribution in [0.3, 0.4) is 0 Å². The number of hydrogen-bond donors (Lipinski definition) is 1. The van der Waals surface area contributed by atoms with E-state index in [2.05, 4.69) is 26.0 Å². The Hall–Kier alpha value is -1.20. The zero-order chi connectivity index (χ0) is 14.0. The number of rotatable bonds is 4. The molecule has 4 nitrogen and oxygen atoms in total. The lowest BCUT2D eigenvalue weighted by atomic mass is 9.92. The molecule has 1 heterocycles. The molecule has 0 saturated carbocycles. The van der Waals surface area contributed by atoms with Gasteiger partial charge >= 0.3 is 0 Å². The molecule has 0 bridgehead atoms. The molecule has 2 rings (SSSR count). The fraction of sp³-hybridized carbons (Fsp3) is 0.429. The van der Waals surface area contributed by atoms with Crippen LogP contribution >= 0.6 is 15.9 Å². The number of aromatic nitrogens is 3. The van der Waals surface area contributed by atoms with E-state index >= 15 is 0 Å². The zero-order valence-corrected chi connectivity index (χ0v) is 12.9. The third-order valence-corrected chi connectivity index (χ3v) is 3.58. The fourth-order valence-electron chi connectivity index (χ4n) is 2.07. The average Bonchev–Trinajstić information content (AvgIpc) is 2.76. The molecule has 1 atom stereocenters. The number of hydrogen-bond acceptors (Lipinski definition) is 3. The van der Waals surface area contributed by atoms with Gasteiger partial charge in [-0.25, -0.2) is 9.67 Å². The van der Waals surface area contributed by atoms with Crippen LogP contribution in [0.5, 0.6) is 0 Å². The zero-order valence-electron chi connectivity index (χ0n) is 11.3. The van der Waals surface area contributed by atoms with E-state index in [1.165, 1.54) is 6.33 Å². The van der Waals surface area contributed by atoms with Gasteiger partial charge in [0.05, 0.1) is 5.60 Å². The lowest BCUT2D eigenvalue weighted by Crippen LogP contribution is -2.26. The highest BCUT2D eigenvalue weighted by Gasteiger charge is 2.26. The van der Waals surface area contributed by atoms with Gasteiger partial charge in [-0.15, -0.1) is 0 Å². The van der Waals surface area contributed by atoms with Crippen molar-refractivity contribution < 1.29 is 5.11 Å². The molecule has 1 unspecified atom stereocenters. The molecular weight excluding hydrogens is 306 g/mol. The fourth-order valence-corrected chi connectivity index (χ4v) is 2.46. The lowest BCUT2D eigenvalue weighted by Gasteiger charge is -2.24. The topological polar surface area (TPSA) is 50.9 Å². The van der Waals surface area contributed by atoms with Gasteiger partial charge in [-0.1, -0.05) is 28.1 Å². The van der Waals surface area contributed by atoms with Crippen molar-refractivity contribution in [3.05, 3.63) is 46.5 Å². The van der Waals surface area contributed by atoms with E-state index in [-0.39, 0.29) is 6.04 Å². The highest BCUT2D eigenvalue weighted by Crippen LogP contribution is 2.27. The Labute approximate surface area is 121 Å². The average molecular weight is 324 g/mol. The SMILES string of the molecule is CC(C)n1ncnc1CC(C)(O)c1cccc(Br)c1. The smallest absolute Gasteiger partial charge is 0.138 e. The number of benzene rings is 1. The van der Waals surface area contributed by atoms with Gasteiger partial charge in [0.15, 0.2) is 0 Å². The molecule has 0 aliphatic rings. The van der Waals surface area contributed by atoms with E-state index in [1.54, 1.807) is 6.92 Å². The van der Waals surface area contributed by atoms with Crippen molar-refractivity contribution in [3.8, 4) is 0 Å². The first-order valence-corrected chi connectivity index (χ1v) is 7.06. The molecule has 1 N–H and O–H groups in total. The molecule has 0 radical (unpaired) electrons. The van der Waals surface area contributed by atoms with Crippen LogP contribution in [0, 0.1) is 0 Å². The summed E-state index contributed by atoms with van der Waals surface area (Å²) in [6.45, 7) is 5.89. The Bertz CT molecular complexity index is 563. The molecule has 102 valence electrons. The molecule has 0 aliphatic carbocycles. The molecule has 0 saturated heterocycles. The Balaban J connectivity index is 2.28. The Kier molecular flexibility index (Phi) is 4.06. The van der Waals surface area contributed by atoms with Crippen molar-refractivity contribution in [1.82, 2.24) is 14.8 Å². The highest BCUT2D eigenvalue weighted by atomic mass is 79.9. The van der Waals surface area contributed by atoms with Crippen molar-refractivity contribution in [2.75, 3.05) is 0 Å². The van der Waals surface area contributed by atoms with E-state index in [0.29, 0.717) is 6.42 Å². The molecule has 0 aliphatic heterocycles. The summed E-state index contributed by atoms with van der Waals surface area (Å²) >= 11 is 3.43. The first kappa shape index (κ1) is 14.2. The largest absolute Gasteiger partial charge is 0.385 e. The van der Waals surface area contributed by atoms with Crippen molar-refractivity contribution in [1.29, 1.82) is 0 Å². The van der Waals surface area contributed by atoms with Crippen LogP contribution in [0.1, 0.15) is 38.2 Å². The lowest BCUT2D eigenvalue weighted by molar-refractivity contribution is 0.0539. The molecule has 5 heteroatoms. The van der Waals surface area contributed by atoms with Gasteiger partial charge in [0, 0.05) is 16.9 Å². The summed E-state index contributed by atoms with van der Waals surface area (Å²) in [5.41, 5.74) is -0.108. The molecular formula is C14H18BrN3O. The van der Waals surface area contributed by atoms with Crippen molar-refractivity contribution in [2.24, 2.45) is 0 Å². The van der Waals surface area contributed by atoms with Gasteiger partial charge in [0.25, 0.3) is 0 Å². The van der Waals surface area contributed by atoms with Gasteiger partial charge in [0.1, 0.15) is 12.2 Å². The van der Waals surface area contributed by atoms with Gasteiger partial charge < -0.3 is 5.11 Å². The molecule has 1 aromatic heterocycles. The maximum atomic E-state index is 10.7. The second kappa shape index (κ2) is 5.43. The van der Waals surface area contributed by atoms with Gasteiger partial charge in [-0.05, 0) is 38.5 Å². The van der Waals surface area contributed by atoms with Crippen molar-refractivity contribution >= 4 is 15.9 Å². The third kappa shape index (κ3) is 3.22. The minimum atomic E-state index is -0.969. The van der Waals surface area contributed by atoms with Crippen LogP contribution < -0.4 is 0 Å². The Morgan fingerprint density at radius 1 is 1.42 bits per heavy atom. The third-order valence-electron chi connectivity index (χ3n) is 3.09. The summed E-state index contributed by atoms with van der Waals surface area (Å²) in [6, 6.07) is 7.93. The molecule has 19 heavy (non-hydrogen) atoms. The van der Waals surface area contributed by atoms with Crippen LogP contribution in [0.15, 0.2) is 35.1 Å². The number of nitrogens with zero attached hydrogens (tertiary/aromatic N) is 3. The first-order chi connectivity index (χ1) is 8.90. The standard InChI is InChI=1S/C14H18BrN3O/c1-10(2)18-13(16-9-17-18)8-14(3,19)11-5-4-6-12(15)7-11/h4-7,9-10,19H,8H2,1-3H3. The van der Waals surface area contributed by atoms with Gasteiger partial charge in [-0.2, -0.15) is 5.10 Å². The quantitative estimate of drug-likeness (QED) is 0.940. The summed E-state index contributed by atoms with van der Waals surface area (Å²) in [5.74, 6) is 0.792. The van der Waals surface area contributed by atoms with Crippen LogP contribution in [-0.4, -0.2) is 19.9 Å².